The number of furan rings is 2. The van der Waals surface area contributed by atoms with E-state index in [1.54, 1.807) is 0 Å². The Morgan fingerprint density at radius 3 is 0.888 bits per heavy atom. The molecule has 12 aromatic carbocycles. The summed E-state index contributed by atoms with van der Waals surface area (Å²) in [6.45, 7) is 18.9. The monoisotopic (exact) mass is 1270 g/mol. The van der Waals surface area contributed by atoms with Crippen LogP contribution in [0.25, 0.3) is 157 Å². The van der Waals surface area contributed by atoms with E-state index in [2.05, 4.69) is 213 Å². The van der Waals surface area contributed by atoms with Crippen molar-refractivity contribution < 1.29 is 8.83 Å². The molecule has 16 aromatic rings. The minimum atomic E-state index is -0.0812. The summed E-state index contributed by atoms with van der Waals surface area (Å²) >= 11 is 0. The van der Waals surface area contributed by atoms with Crippen molar-refractivity contribution >= 4 is 43.9 Å². The van der Waals surface area contributed by atoms with E-state index < -0.39 is 0 Å². The van der Waals surface area contributed by atoms with E-state index in [9.17, 15) is 0 Å². The molecule has 0 unspecified atom stereocenters. The highest BCUT2D eigenvalue weighted by molar-refractivity contribution is 6.10. The fourth-order valence-corrected chi connectivity index (χ4v) is 14.9. The van der Waals surface area contributed by atoms with Crippen molar-refractivity contribution in [2.45, 2.75) is 77.0 Å². The van der Waals surface area contributed by atoms with Crippen LogP contribution in [0.3, 0.4) is 0 Å². The van der Waals surface area contributed by atoms with Gasteiger partial charge in [-0.05, 0) is 149 Å². The van der Waals surface area contributed by atoms with Crippen molar-refractivity contribution in [3.63, 3.8) is 0 Å². The Morgan fingerprint density at radius 2 is 0.480 bits per heavy atom. The summed E-state index contributed by atoms with van der Waals surface area (Å²) in [6, 6.07) is 97.3. The van der Waals surface area contributed by atoms with Gasteiger partial charge in [-0.3, -0.25) is 0 Å². The standard InChI is InChI=1S/2C45H35N3O/c1-44(2)37-21-12-11-20-33(37)34-27-40-36(26-38(34)45(44,3)4)35-25-31(22-23-39(35)49-40)30-18-13-19-32(24-30)43-47-41(28-14-7-5-8-15-28)46-42(48-43)29-16-9-6-10-17-29;1-44(2)37-21-12-11-20-33(37)34-26-36-35-25-31(22-23-39(35)49-40(36)27-38(34)45(44,3)4)30-18-13-19-32(24-30)43-47-41(28-14-7-5-8-15-28)46-42(48-43)29-16-9-6-10-17-29/h2*5-27H,1-4H3. The predicted molar refractivity (Wildman–Crippen MR) is 401 cm³/mol. The molecule has 98 heavy (non-hydrogen) atoms. The number of hydrogen-bond acceptors (Lipinski definition) is 8. The molecule has 4 aromatic heterocycles. The van der Waals surface area contributed by atoms with Gasteiger partial charge in [0.15, 0.2) is 34.9 Å². The van der Waals surface area contributed by atoms with Gasteiger partial charge in [-0.25, -0.2) is 29.9 Å². The van der Waals surface area contributed by atoms with Crippen molar-refractivity contribution in [2.24, 2.45) is 0 Å². The molecule has 18 rings (SSSR count). The van der Waals surface area contributed by atoms with Crippen LogP contribution in [0.15, 0.2) is 288 Å². The van der Waals surface area contributed by atoms with Gasteiger partial charge in [0.25, 0.3) is 0 Å². The van der Waals surface area contributed by atoms with E-state index in [1.165, 1.54) is 44.5 Å². The summed E-state index contributed by atoms with van der Waals surface area (Å²) in [6.07, 6.45) is 0. The highest BCUT2D eigenvalue weighted by atomic mass is 16.3. The maximum Gasteiger partial charge on any atom is 0.164 e. The average molecular weight is 1270 g/mol. The Bertz CT molecular complexity index is 5690. The third kappa shape index (κ3) is 9.95. The van der Waals surface area contributed by atoms with E-state index in [1.807, 2.05) is 121 Å². The highest BCUT2D eigenvalue weighted by Gasteiger charge is 2.47. The van der Waals surface area contributed by atoms with E-state index in [-0.39, 0.29) is 21.7 Å². The second kappa shape index (κ2) is 23.0. The van der Waals surface area contributed by atoms with Crippen LogP contribution in [0.1, 0.15) is 77.6 Å². The number of fused-ring (bicyclic) bond motifs is 12. The zero-order valence-electron chi connectivity index (χ0n) is 56.1. The number of rotatable bonds is 8. The highest BCUT2D eigenvalue weighted by Crippen LogP contribution is 2.57. The van der Waals surface area contributed by atoms with Gasteiger partial charge in [0.1, 0.15) is 22.3 Å². The van der Waals surface area contributed by atoms with Gasteiger partial charge in [-0.1, -0.05) is 274 Å². The summed E-state index contributed by atoms with van der Waals surface area (Å²) in [7, 11) is 0. The van der Waals surface area contributed by atoms with E-state index in [0.717, 1.165) is 99.5 Å². The fraction of sp³-hybridized carbons (Fsp3) is 0.133. The van der Waals surface area contributed by atoms with Gasteiger partial charge in [0.2, 0.25) is 0 Å². The fourth-order valence-electron chi connectivity index (χ4n) is 14.9. The Balaban J connectivity index is 0.000000147. The third-order valence-electron chi connectivity index (χ3n) is 21.8. The predicted octanol–water partition coefficient (Wildman–Crippen LogP) is 23.3. The first-order chi connectivity index (χ1) is 47.6. The molecule has 0 spiro atoms. The molecule has 472 valence electrons. The molecule has 4 heterocycles. The van der Waals surface area contributed by atoms with Crippen LogP contribution in [0, 0.1) is 0 Å². The van der Waals surface area contributed by atoms with Crippen LogP contribution in [0.4, 0.5) is 0 Å². The molecular weight excluding hydrogens is 1200 g/mol. The zero-order valence-corrected chi connectivity index (χ0v) is 56.1. The van der Waals surface area contributed by atoms with Crippen molar-refractivity contribution in [1.82, 2.24) is 29.9 Å². The maximum atomic E-state index is 6.54. The summed E-state index contributed by atoms with van der Waals surface area (Å²) in [5, 5.41) is 4.51. The Morgan fingerprint density at radius 1 is 0.194 bits per heavy atom. The van der Waals surface area contributed by atoms with Gasteiger partial charge in [-0.2, -0.15) is 0 Å². The van der Waals surface area contributed by atoms with Gasteiger partial charge in [0.05, 0.1) is 0 Å². The lowest BCUT2D eigenvalue weighted by Crippen LogP contribution is -2.43. The minimum Gasteiger partial charge on any atom is -0.456 e. The molecule has 0 N–H and O–H groups in total. The molecule has 0 saturated heterocycles. The number of aromatic nitrogens is 6. The van der Waals surface area contributed by atoms with E-state index in [0.29, 0.717) is 34.9 Å². The summed E-state index contributed by atoms with van der Waals surface area (Å²) in [5.74, 6) is 3.88. The Labute approximate surface area is 570 Å². The van der Waals surface area contributed by atoms with Crippen LogP contribution in [0.5, 0.6) is 0 Å². The van der Waals surface area contributed by atoms with E-state index >= 15 is 0 Å². The first-order valence-electron chi connectivity index (χ1n) is 33.7. The molecule has 0 atom stereocenters. The van der Waals surface area contributed by atoms with Crippen LogP contribution >= 0.6 is 0 Å². The molecule has 0 radical (unpaired) electrons. The van der Waals surface area contributed by atoms with Gasteiger partial charge in [-0.15, -0.1) is 0 Å². The van der Waals surface area contributed by atoms with Crippen molar-refractivity contribution in [2.75, 3.05) is 0 Å². The number of benzene rings is 12. The Kier molecular flexibility index (Phi) is 14.1. The van der Waals surface area contributed by atoms with Crippen molar-refractivity contribution in [3.8, 4) is 113 Å². The SMILES string of the molecule is CC1(C)c2ccccc2-c2cc3c(cc2C1(C)C)oc1ccc(-c2cccc(-c4nc(-c5ccccc5)nc(-c5ccccc5)n4)c2)cc13.CC1(C)c2ccccc2-c2cc3oc4ccc(-c5cccc(-c6nc(-c7ccccc7)nc(-c7ccccc7)n6)c5)cc4c3cc2C1(C)C. The molecule has 0 bridgehead atoms. The molecule has 0 fully saturated rings. The lowest BCUT2D eigenvalue weighted by Gasteiger charge is -2.48. The van der Waals surface area contributed by atoms with E-state index in [4.69, 9.17) is 38.7 Å². The van der Waals surface area contributed by atoms with Crippen molar-refractivity contribution in [1.29, 1.82) is 0 Å². The first kappa shape index (κ1) is 60.0. The molecule has 0 amide bonds. The summed E-state index contributed by atoms with van der Waals surface area (Å²) in [5.41, 5.74) is 24.1. The summed E-state index contributed by atoms with van der Waals surface area (Å²) in [4.78, 5) is 29.6. The quantitative estimate of drug-likeness (QED) is 0.148. The number of nitrogens with zero attached hydrogens (tertiary/aromatic N) is 6. The molecule has 8 nitrogen and oxygen atoms in total. The van der Waals surface area contributed by atoms with Crippen LogP contribution in [-0.2, 0) is 21.7 Å². The van der Waals surface area contributed by atoms with Gasteiger partial charge < -0.3 is 8.83 Å². The molecule has 0 saturated carbocycles. The lowest BCUT2D eigenvalue weighted by atomic mass is 9.55. The smallest absolute Gasteiger partial charge is 0.164 e. The van der Waals surface area contributed by atoms with Gasteiger partial charge in [0, 0.05) is 54.9 Å². The third-order valence-corrected chi connectivity index (χ3v) is 21.8. The molecular formula is C90H70N6O2. The first-order valence-corrected chi connectivity index (χ1v) is 33.7. The van der Waals surface area contributed by atoms with Crippen LogP contribution < -0.4 is 0 Å². The van der Waals surface area contributed by atoms with Crippen LogP contribution in [-0.4, -0.2) is 29.9 Å². The second-order valence-corrected chi connectivity index (χ2v) is 28.2. The minimum absolute atomic E-state index is 0.0310. The van der Waals surface area contributed by atoms with Gasteiger partial charge >= 0.3 is 0 Å². The molecule has 2 aliphatic carbocycles. The average Bonchev–Trinajstić information content (AvgIpc) is 1.21. The largest absolute Gasteiger partial charge is 0.456 e. The van der Waals surface area contributed by atoms with Crippen LogP contribution in [0.2, 0.25) is 0 Å². The normalized spacial score (nSPS) is 14.4. The Hall–Kier alpha value is -11.7. The summed E-state index contributed by atoms with van der Waals surface area (Å²) < 4.78 is 13.1. The topological polar surface area (TPSA) is 104 Å². The van der Waals surface area contributed by atoms with Crippen molar-refractivity contribution in [3.05, 3.63) is 301 Å². The molecule has 8 heteroatoms. The maximum absolute atomic E-state index is 6.54. The second-order valence-electron chi connectivity index (χ2n) is 28.2. The number of hydrogen-bond donors (Lipinski definition) is 0. The lowest BCUT2D eigenvalue weighted by molar-refractivity contribution is 0.299. The molecule has 0 aliphatic heterocycles. The molecule has 2 aliphatic rings. The zero-order chi connectivity index (χ0) is 66.7.